The van der Waals surface area contributed by atoms with Crippen molar-refractivity contribution in [2.24, 2.45) is 5.92 Å². The number of hydrogen-bond donors (Lipinski definition) is 1. The highest BCUT2D eigenvalue weighted by Crippen LogP contribution is 2.30. The lowest BCUT2D eigenvalue weighted by Gasteiger charge is -2.06. The summed E-state index contributed by atoms with van der Waals surface area (Å²) < 4.78 is 7.32. The zero-order valence-corrected chi connectivity index (χ0v) is 13.3. The molecule has 1 aliphatic rings. The Labute approximate surface area is 138 Å². The van der Waals surface area contributed by atoms with E-state index in [1.165, 1.54) is 12.8 Å². The van der Waals surface area contributed by atoms with Crippen molar-refractivity contribution in [2.45, 2.75) is 26.3 Å². The van der Waals surface area contributed by atoms with Gasteiger partial charge < -0.3 is 9.73 Å². The van der Waals surface area contributed by atoms with Crippen molar-refractivity contribution >= 4 is 11.6 Å². The molecule has 122 valence electrons. The van der Waals surface area contributed by atoms with Crippen LogP contribution in [0.5, 0.6) is 0 Å². The Kier molecular flexibility index (Phi) is 3.60. The van der Waals surface area contributed by atoms with Gasteiger partial charge in [-0.2, -0.15) is 5.10 Å². The normalized spacial score (nSPS) is 13.9. The third kappa shape index (κ3) is 3.05. The quantitative estimate of drug-likeness (QED) is 0.780. The van der Waals surface area contributed by atoms with Gasteiger partial charge in [-0.25, -0.2) is 0 Å². The van der Waals surface area contributed by atoms with Crippen LogP contribution in [-0.2, 0) is 6.54 Å². The molecule has 1 amide bonds. The van der Waals surface area contributed by atoms with Gasteiger partial charge in [-0.3, -0.25) is 9.48 Å². The first-order valence-electron chi connectivity index (χ1n) is 7.92. The lowest BCUT2D eigenvalue weighted by atomic mass is 10.1. The fourth-order valence-electron chi connectivity index (χ4n) is 2.56. The number of hydrogen-bond acceptors (Lipinski definition) is 5. The minimum atomic E-state index is -0.229. The van der Waals surface area contributed by atoms with E-state index >= 15 is 0 Å². The maximum absolute atomic E-state index is 12.6. The Morgan fingerprint density at radius 3 is 2.92 bits per heavy atom. The van der Waals surface area contributed by atoms with Gasteiger partial charge in [-0.05, 0) is 30.9 Å². The largest absolute Gasteiger partial charge is 0.421 e. The number of anilines is 1. The summed E-state index contributed by atoms with van der Waals surface area (Å²) in [6.07, 6.45) is 6.05. The summed E-state index contributed by atoms with van der Waals surface area (Å²) in [5, 5.41) is 15.0. The van der Waals surface area contributed by atoms with E-state index in [0.717, 1.165) is 12.5 Å². The minimum Gasteiger partial charge on any atom is -0.421 e. The van der Waals surface area contributed by atoms with Crippen LogP contribution >= 0.6 is 0 Å². The van der Waals surface area contributed by atoms with E-state index in [4.69, 9.17) is 4.42 Å². The Morgan fingerprint density at radius 2 is 2.17 bits per heavy atom. The van der Waals surface area contributed by atoms with Crippen molar-refractivity contribution in [2.75, 3.05) is 5.32 Å². The molecule has 24 heavy (non-hydrogen) atoms. The van der Waals surface area contributed by atoms with E-state index in [-0.39, 0.29) is 5.91 Å². The molecule has 4 rings (SSSR count). The molecule has 0 saturated heterocycles. The number of aromatic nitrogens is 4. The van der Waals surface area contributed by atoms with E-state index in [1.807, 2.05) is 16.9 Å². The summed E-state index contributed by atoms with van der Waals surface area (Å²) in [7, 11) is 0. The molecule has 3 aromatic rings. The molecule has 2 aromatic heterocycles. The Hall–Kier alpha value is -2.96. The highest BCUT2D eigenvalue weighted by molar-refractivity contribution is 6.08. The van der Waals surface area contributed by atoms with Crippen LogP contribution in [0, 0.1) is 12.8 Å². The minimum absolute atomic E-state index is 0.229. The number of aryl methyl sites for hydroxylation is 1. The number of rotatable bonds is 5. The number of benzene rings is 1. The molecule has 1 saturated carbocycles. The second-order valence-corrected chi connectivity index (χ2v) is 6.02. The lowest BCUT2D eigenvalue weighted by Crippen LogP contribution is -2.12. The molecular weight excluding hydrogens is 306 g/mol. The van der Waals surface area contributed by atoms with Crippen molar-refractivity contribution in [3.05, 3.63) is 48.1 Å². The molecule has 0 bridgehead atoms. The van der Waals surface area contributed by atoms with E-state index in [1.54, 1.807) is 31.3 Å². The van der Waals surface area contributed by atoms with Crippen molar-refractivity contribution < 1.29 is 9.21 Å². The molecule has 0 aliphatic heterocycles. The van der Waals surface area contributed by atoms with Crippen LogP contribution in [0.2, 0.25) is 0 Å². The first kappa shape index (κ1) is 14.6. The molecule has 0 radical (unpaired) electrons. The van der Waals surface area contributed by atoms with Crippen LogP contribution in [-0.4, -0.2) is 25.9 Å². The van der Waals surface area contributed by atoms with E-state index in [0.29, 0.717) is 28.6 Å². The third-order valence-corrected chi connectivity index (χ3v) is 3.96. The van der Waals surface area contributed by atoms with Gasteiger partial charge in [0.25, 0.3) is 5.91 Å². The van der Waals surface area contributed by atoms with Gasteiger partial charge in [0.2, 0.25) is 11.8 Å². The molecular formula is C17H17N5O2. The van der Waals surface area contributed by atoms with Gasteiger partial charge in [-0.15, -0.1) is 10.2 Å². The van der Waals surface area contributed by atoms with Crippen LogP contribution in [0.3, 0.4) is 0 Å². The standard InChI is InChI=1S/C17H17N5O2/c1-11-20-21-17(24-11)15-5-3-2-4-14(15)16(23)19-13-8-18-22(10-13)9-12-6-7-12/h2-5,8,10,12H,6-7,9H2,1H3,(H,19,23). The summed E-state index contributed by atoms with van der Waals surface area (Å²) in [5.74, 6) is 1.30. The molecule has 2 heterocycles. The van der Waals surface area contributed by atoms with Gasteiger partial charge in [0.05, 0.1) is 23.0 Å². The average Bonchev–Trinajstić information content (AvgIpc) is 3.11. The lowest BCUT2D eigenvalue weighted by molar-refractivity contribution is 0.102. The summed E-state index contributed by atoms with van der Waals surface area (Å²) in [4.78, 5) is 12.6. The molecule has 7 nitrogen and oxygen atoms in total. The van der Waals surface area contributed by atoms with Crippen LogP contribution in [0.1, 0.15) is 29.1 Å². The first-order chi connectivity index (χ1) is 11.7. The van der Waals surface area contributed by atoms with Crippen LogP contribution in [0.15, 0.2) is 41.1 Å². The number of amides is 1. The number of carbonyl (C=O) groups is 1. The molecule has 1 aliphatic carbocycles. The van der Waals surface area contributed by atoms with Crippen molar-refractivity contribution in [3.63, 3.8) is 0 Å². The molecule has 0 atom stereocenters. The van der Waals surface area contributed by atoms with Gasteiger partial charge in [-0.1, -0.05) is 12.1 Å². The van der Waals surface area contributed by atoms with Crippen molar-refractivity contribution in [1.29, 1.82) is 0 Å². The smallest absolute Gasteiger partial charge is 0.256 e. The average molecular weight is 323 g/mol. The first-order valence-corrected chi connectivity index (χ1v) is 7.92. The second-order valence-electron chi connectivity index (χ2n) is 6.02. The van der Waals surface area contributed by atoms with Gasteiger partial charge in [0, 0.05) is 19.7 Å². The van der Waals surface area contributed by atoms with E-state index in [9.17, 15) is 4.79 Å². The van der Waals surface area contributed by atoms with Gasteiger partial charge in [0.15, 0.2) is 0 Å². The van der Waals surface area contributed by atoms with E-state index < -0.39 is 0 Å². The topological polar surface area (TPSA) is 85.8 Å². The van der Waals surface area contributed by atoms with Gasteiger partial charge in [0.1, 0.15) is 0 Å². The SMILES string of the molecule is Cc1nnc(-c2ccccc2C(=O)Nc2cnn(CC3CC3)c2)o1. The predicted molar refractivity (Wildman–Crippen MR) is 87.4 cm³/mol. The Bertz CT molecular complexity index is 879. The zero-order chi connectivity index (χ0) is 16.5. The molecule has 1 N–H and O–H groups in total. The highest BCUT2D eigenvalue weighted by atomic mass is 16.4. The molecule has 7 heteroatoms. The maximum atomic E-state index is 12.6. The fraction of sp³-hybridized carbons (Fsp3) is 0.294. The molecule has 1 fully saturated rings. The number of carbonyl (C=O) groups excluding carboxylic acids is 1. The third-order valence-electron chi connectivity index (χ3n) is 3.96. The number of nitrogens with one attached hydrogen (secondary N) is 1. The molecule has 1 aromatic carbocycles. The monoisotopic (exact) mass is 323 g/mol. The van der Waals surface area contributed by atoms with Crippen LogP contribution in [0.4, 0.5) is 5.69 Å². The highest BCUT2D eigenvalue weighted by Gasteiger charge is 2.22. The maximum Gasteiger partial charge on any atom is 0.256 e. The zero-order valence-electron chi connectivity index (χ0n) is 13.3. The van der Waals surface area contributed by atoms with Crippen molar-refractivity contribution in [1.82, 2.24) is 20.0 Å². The molecule has 0 spiro atoms. The number of nitrogens with zero attached hydrogens (tertiary/aromatic N) is 4. The second kappa shape index (κ2) is 5.92. The van der Waals surface area contributed by atoms with Gasteiger partial charge >= 0.3 is 0 Å². The summed E-state index contributed by atoms with van der Waals surface area (Å²) >= 11 is 0. The Morgan fingerprint density at radius 1 is 1.33 bits per heavy atom. The fourth-order valence-corrected chi connectivity index (χ4v) is 2.56. The predicted octanol–water partition coefficient (Wildman–Crippen LogP) is 2.90. The summed E-state index contributed by atoms with van der Waals surface area (Å²) in [6, 6.07) is 7.16. The summed E-state index contributed by atoms with van der Waals surface area (Å²) in [5.41, 5.74) is 1.77. The van der Waals surface area contributed by atoms with Crippen LogP contribution in [0.25, 0.3) is 11.5 Å². The summed E-state index contributed by atoms with van der Waals surface area (Å²) in [6.45, 7) is 2.63. The molecule has 0 unspecified atom stereocenters. The van der Waals surface area contributed by atoms with E-state index in [2.05, 4.69) is 20.6 Å². The Balaban J connectivity index is 1.55. The van der Waals surface area contributed by atoms with Crippen molar-refractivity contribution in [3.8, 4) is 11.5 Å². The van der Waals surface area contributed by atoms with Crippen LogP contribution < -0.4 is 5.32 Å².